The quantitative estimate of drug-likeness (QED) is 0.679. The molecule has 8 nitrogen and oxygen atoms in total. The third-order valence-corrected chi connectivity index (χ3v) is 7.87. The summed E-state index contributed by atoms with van der Waals surface area (Å²) in [7, 11) is -3.66. The first-order valence-corrected chi connectivity index (χ1v) is 12.6. The van der Waals surface area contributed by atoms with E-state index in [0.717, 1.165) is 25.0 Å². The fraction of sp³-hybridized carbons (Fsp3) is 0.522. The number of sulfonamides is 1. The van der Waals surface area contributed by atoms with Gasteiger partial charge in [-0.05, 0) is 50.5 Å². The number of nitrogens with one attached hydrogen (secondary N) is 1. The number of nitrogens with zero attached hydrogens (tertiary/aromatic N) is 1. The monoisotopic (exact) mass is 462 g/mol. The Labute approximate surface area is 188 Å². The van der Waals surface area contributed by atoms with Gasteiger partial charge in [0, 0.05) is 44.0 Å². The number of rotatable bonds is 7. The third-order valence-electron chi connectivity index (χ3n) is 5.97. The van der Waals surface area contributed by atoms with Crippen molar-refractivity contribution in [1.29, 1.82) is 0 Å². The Morgan fingerprint density at radius 3 is 2.62 bits per heavy atom. The normalized spacial score (nSPS) is 18.7. The van der Waals surface area contributed by atoms with Crippen LogP contribution >= 0.6 is 0 Å². The first kappa shape index (κ1) is 22.7. The molecule has 174 valence electrons. The van der Waals surface area contributed by atoms with Crippen molar-refractivity contribution in [3.63, 3.8) is 0 Å². The Morgan fingerprint density at radius 2 is 1.91 bits per heavy atom. The molecule has 1 aromatic carbocycles. The fourth-order valence-electron chi connectivity index (χ4n) is 4.06. The molecule has 1 fully saturated rings. The summed E-state index contributed by atoms with van der Waals surface area (Å²) in [6.07, 6.45) is 4.96. The number of furan rings is 1. The highest BCUT2D eigenvalue weighted by molar-refractivity contribution is 7.89. The van der Waals surface area contributed by atoms with E-state index < -0.39 is 10.0 Å². The van der Waals surface area contributed by atoms with E-state index in [2.05, 4.69) is 5.32 Å². The van der Waals surface area contributed by atoms with E-state index in [4.69, 9.17) is 13.9 Å². The van der Waals surface area contributed by atoms with E-state index in [1.54, 1.807) is 18.4 Å². The molecule has 0 spiro atoms. The number of fused-ring (bicyclic) bond motifs is 1. The van der Waals surface area contributed by atoms with Crippen LogP contribution in [0.2, 0.25) is 0 Å². The van der Waals surface area contributed by atoms with Crippen LogP contribution in [0.5, 0.6) is 11.5 Å². The predicted octanol–water partition coefficient (Wildman–Crippen LogP) is 2.98. The predicted molar refractivity (Wildman–Crippen MR) is 118 cm³/mol. The first-order chi connectivity index (χ1) is 15.4. The lowest BCUT2D eigenvalue weighted by atomic mass is 9.96. The van der Waals surface area contributed by atoms with Crippen LogP contribution in [-0.2, 0) is 21.2 Å². The molecule has 2 aromatic rings. The lowest BCUT2D eigenvalue weighted by molar-refractivity contribution is -0.126. The van der Waals surface area contributed by atoms with Crippen LogP contribution in [0.3, 0.4) is 0 Å². The van der Waals surface area contributed by atoms with Crippen molar-refractivity contribution in [3.05, 3.63) is 42.4 Å². The maximum absolute atomic E-state index is 13.1. The molecule has 1 amide bonds. The average molecular weight is 463 g/mol. The maximum Gasteiger partial charge on any atom is 0.243 e. The molecular formula is C23H30N2O6S. The number of carbonyl (C=O) groups excluding carboxylic acids is 1. The summed E-state index contributed by atoms with van der Waals surface area (Å²) >= 11 is 0. The Bertz CT molecular complexity index is 1010. The maximum atomic E-state index is 13.1. The molecule has 3 heterocycles. The van der Waals surface area contributed by atoms with Gasteiger partial charge in [-0.25, -0.2) is 8.42 Å². The summed E-state index contributed by atoms with van der Waals surface area (Å²) < 4.78 is 44.3. The number of piperidine rings is 1. The van der Waals surface area contributed by atoms with Crippen LogP contribution in [0.25, 0.3) is 0 Å². The van der Waals surface area contributed by atoms with Gasteiger partial charge >= 0.3 is 0 Å². The van der Waals surface area contributed by atoms with Crippen molar-refractivity contribution in [2.24, 2.45) is 5.92 Å². The van der Waals surface area contributed by atoms with Crippen LogP contribution in [-0.4, -0.2) is 51.0 Å². The van der Waals surface area contributed by atoms with Crippen molar-refractivity contribution in [2.75, 3.05) is 26.3 Å². The van der Waals surface area contributed by atoms with E-state index >= 15 is 0 Å². The zero-order chi connectivity index (χ0) is 22.6. The second-order valence-electron chi connectivity index (χ2n) is 8.37. The molecule has 1 N–H and O–H groups in total. The molecule has 2 aliphatic rings. The molecule has 1 atom stereocenters. The molecule has 0 radical (unpaired) electrons. The molecule has 0 aliphatic carbocycles. The van der Waals surface area contributed by atoms with Crippen LogP contribution in [0.4, 0.5) is 0 Å². The molecule has 0 unspecified atom stereocenters. The van der Waals surface area contributed by atoms with Crippen molar-refractivity contribution in [1.82, 2.24) is 9.62 Å². The summed E-state index contributed by atoms with van der Waals surface area (Å²) in [5, 5.41) is 3.06. The Kier molecular flexibility index (Phi) is 7.05. The van der Waals surface area contributed by atoms with Crippen molar-refractivity contribution >= 4 is 15.9 Å². The minimum atomic E-state index is -3.66. The van der Waals surface area contributed by atoms with Gasteiger partial charge in [0.15, 0.2) is 11.5 Å². The molecule has 32 heavy (non-hydrogen) atoms. The lowest BCUT2D eigenvalue weighted by Crippen LogP contribution is -2.44. The Morgan fingerprint density at radius 1 is 1.16 bits per heavy atom. The number of carbonyl (C=O) groups is 1. The summed E-state index contributed by atoms with van der Waals surface area (Å²) in [5.74, 6) is 1.74. The highest BCUT2D eigenvalue weighted by Gasteiger charge is 2.33. The number of aryl methyl sites for hydroxylation is 1. The van der Waals surface area contributed by atoms with Gasteiger partial charge in [0.2, 0.25) is 15.9 Å². The van der Waals surface area contributed by atoms with Gasteiger partial charge in [-0.15, -0.1) is 0 Å². The largest absolute Gasteiger partial charge is 0.490 e. The highest BCUT2D eigenvalue weighted by atomic mass is 32.2. The smallest absolute Gasteiger partial charge is 0.243 e. The van der Waals surface area contributed by atoms with E-state index in [9.17, 15) is 13.2 Å². The molecule has 0 bridgehead atoms. The molecule has 4 rings (SSSR count). The average Bonchev–Trinajstić information content (AvgIpc) is 3.21. The minimum Gasteiger partial charge on any atom is -0.490 e. The van der Waals surface area contributed by atoms with Crippen LogP contribution in [0.15, 0.2) is 45.9 Å². The minimum absolute atomic E-state index is 0.00966. The summed E-state index contributed by atoms with van der Waals surface area (Å²) in [4.78, 5) is 12.8. The van der Waals surface area contributed by atoms with Gasteiger partial charge in [-0.1, -0.05) is 0 Å². The molecule has 9 heteroatoms. The Hall–Kier alpha value is -2.52. The number of amides is 1. The zero-order valence-corrected chi connectivity index (χ0v) is 19.1. The standard InChI is InChI=1S/C23H30N2O6S/c1-17(5-6-19-4-2-13-29-19)24-23(26)18-9-11-25(12-10-18)32(27,28)20-7-8-21-22(16-20)31-15-3-14-30-21/h2,4,7-8,13,16-18H,3,5-6,9-12,14-15H2,1H3,(H,24,26)/t17-/m0/s1. The summed E-state index contributed by atoms with van der Waals surface area (Å²) in [6, 6.07) is 8.55. The SMILES string of the molecule is C[C@@H](CCc1ccco1)NC(=O)C1CCN(S(=O)(=O)c2ccc3c(c2)OCCCO3)CC1. The van der Waals surface area contributed by atoms with Crippen LogP contribution in [0, 0.1) is 5.92 Å². The summed E-state index contributed by atoms with van der Waals surface area (Å²) in [6.45, 7) is 3.66. The third kappa shape index (κ3) is 5.27. The second kappa shape index (κ2) is 9.95. The molecule has 1 aromatic heterocycles. The van der Waals surface area contributed by atoms with Gasteiger partial charge in [0.05, 0.1) is 24.4 Å². The lowest BCUT2D eigenvalue weighted by Gasteiger charge is -2.31. The number of hydrogen-bond donors (Lipinski definition) is 1. The van der Waals surface area contributed by atoms with Gasteiger partial charge < -0.3 is 19.2 Å². The van der Waals surface area contributed by atoms with Crippen LogP contribution < -0.4 is 14.8 Å². The van der Waals surface area contributed by atoms with Crippen molar-refractivity contribution < 1.29 is 27.1 Å². The number of hydrogen-bond acceptors (Lipinski definition) is 6. The van der Waals surface area contributed by atoms with Crippen molar-refractivity contribution in [2.45, 2.75) is 50.0 Å². The molecule has 1 saturated heterocycles. The van der Waals surface area contributed by atoms with E-state index in [-0.39, 0.29) is 22.8 Å². The van der Waals surface area contributed by atoms with E-state index in [1.807, 2.05) is 19.1 Å². The molecule has 2 aliphatic heterocycles. The first-order valence-electron chi connectivity index (χ1n) is 11.2. The topological polar surface area (TPSA) is 98.1 Å². The van der Waals surface area contributed by atoms with Gasteiger partial charge in [-0.3, -0.25) is 4.79 Å². The van der Waals surface area contributed by atoms with Gasteiger partial charge in [0.25, 0.3) is 0 Å². The van der Waals surface area contributed by atoms with Gasteiger partial charge in [-0.2, -0.15) is 4.31 Å². The number of benzene rings is 1. The second-order valence-corrected chi connectivity index (χ2v) is 10.3. The zero-order valence-electron chi connectivity index (χ0n) is 18.3. The van der Waals surface area contributed by atoms with Crippen LogP contribution in [0.1, 0.15) is 38.4 Å². The van der Waals surface area contributed by atoms with Crippen molar-refractivity contribution in [3.8, 4) is 11.5 Å². The van der Waals surface area contributed by atoms with Gasteiger partial charge in [0.1, 0.15) is 5.76 Å². The van der Waals surface area contributed by atoms with E-state index in [0.29, 0.717) is 50.6 Å². The Balaban J connectivity index is 1.30. The summed E-state index contributed by atoms with van der Waals surface area (Å²) in [5.41, 5.74) is 0. The molecular weight excluding hydrogens is 432 g/mol. The highest BCUT2D eigenvalue weighted by Crippen LogP contribution is 2.33. The number of ether oxygens (including phenoxy) is 2. The van der Waals surface area contributed by atoms with E-state index in [1.165, 1.54) is 10.4 Å². The fourth-order valence-corrected chi connectivity index (χ4v) is 5.54. The molecule has 0 saturated carbocycles.